The highest BCUT2D eigenvalue weighted by Gasteiger charge is 2.30. The summed E-state index contributed by atoms with van der Waals surface area (Å²) in [5.74, 6) is -0.212. The van der Waals surface area contributed by atoms with Crippen molar-refractivity contribution in [1.82, 2.24) is 0 Å². The Morgan fingerprint density at radius 1 is 1.40 bits per heavy atom. The highest BCUT2D eigenvalue weighted by molar-refractivity contribution is 7.12. The second-order valence-electron chi connectivity index (χ2n) is 5.27. The molecule has 20 heavy (non-hydrogen) atoms. The van der Waals surface area contributed by atoms with E-state index in [0.717, 1.165) is 34.5 Å². The summed E-state index contributed by atoms with van der Waals surface area (Å²) in [5.41, 5.74) is 2.77. The lowest BCUT2D eigenvalue weighted by atomic mass is 9.96. The smallest absolute Gasteiger partial charge is 0.268 e. The first-order valence-electron chi connectivity index (χ1n) is 6.74. The van der Waals surface area contributed by atoms with E-state index >= 15 is 0 Å². The summed E-state index contributed by atoms with van der Waals surface area (Å²) in [6.07, 6.45) is 1.69. The molecule has 1 amide bonds. The van der Waals surface area contributed by atoms with Crippen LogP contribution in [0.3, 0.4) is 0 Å². The average Bonchev–Trinajstić information content (AvgIpc) is 2.84. The molecule has 4 heteroatoms. The highest BCUT2D eigenvalue weighted by atomic mass is 32.1. The van der Waals surface area contributed by atoms with Gasteiger partial charge in [0.05, 0.1) is 4.88 Å². The van der Waals surface area contributed by atoms with Crippen molar-refractivity contribution in [3.63, 3.8) is 0 Å². The van der Waals surface area contributed by atoms with Crippen LogP contribution in [0.4, 0.5) is 10.1 Å². The zero-order chi connectivity index (χ0) is 14.3. The second-order valence-corrected chi connectivity index (χ2v) is 6.18. The van der Waals surface area contributed by atoms with Crippen molar-refractivity contribution < 1.29 is 9.18 Å². The van der Waals surface area contributed by atoms with Crippen molar-refractivity contribution in [1.29, 1.82) is 0 Å². The van der Waals surface area contributed by atoms with Gasteiger partial charge < -0.3 is 4.90 Å². The van der Waals surface area contributed by atoms with Crippen molar-refractivity contribution in [3.05, 3.63) is 51.5 Å². The van der Waals surface area contributed by atoms with Crippen LogP contribution < -0.4 is 4.90 Å². The lowest BCUT2D eigenvalue weighted by Crippen LogP contribution is -2.42. The van der Waals surface area contributed by atoms with Crippen LogP contribution in [0.1, 0.15) is 34.1 Å². The Labute approximate surface area is 121 Å². The number of hydrogen-bond donors (Lipinski definition) is 0. The molecule has 1 atom stereocenters. The molecule has 0 fully saturated rings. The van der Waals surface area contributed by atoms with E-state index in [9.17, 15) is 9.18 Å². The van der Waals surface area contributed by atoms with Gasteiger partial charge in [-0.3, -0.25) is 4.79 Å². The number of anilines is 1. The minimum Gasteiger partial charge on any atom is -0.305 e. The highest BCUT2D eigenvalue weighted by Crippen LogP contribution is 2.33. The monoisotopic (exact) mass is 289 g/mol. The van der Waals surface area contributed by atoms with Crippen LogP contribution in [0.15, 0.2) is 29.6 Å². The SMILES string of the molecule is Cc1ccsc1C(=O)N1c2ccc(F)cc2CC[C@@H]1C. The number of carbonyl (C=O) groups is 1. The Balaban J connectivity index is 2.05. The number of benzene rings is 1. The zero-order valence-electron chi connectivity index (χ0n) is 11.5. The Hall–Kier alpha value is -1.68. The number of nitrogens with zero attached hydrogens (tertiary/aromatic N) is 1. The average molecular weight is 289 g/mol. The summed E-state index contributed by atoms with van der Waals surface area (Å²) in [7, 11) is 0. The van der Waals surface area contributed by atoms with Gasteiger partial charge in [0.1, 0.15) is 5.82 Å². The van der Waals surface area contributed by atoms with E-state index < -0.39 is 0 Å². The van der Waals surface area contributed by atoms with Crippen LogP contribution in [0.2, 0.25) is 0 Å². The molecule has 0 unspecified atom stereocenters. The van der Waals surface area contributed by atoms with Gasteiger partial charge in [-0.15, -0.1) is 11.3 Å². The van der Waals surface area contributed by atoms with Crippen LogP contribution in [0.5, 0.6) is 0 Å². The number of hydrogen-bond acceptors (Lipinski definition) is 2. The summed E-state index contributed by atoms with van der Waals surface area (Å²) in [6, 6.07) is 6.79. The Bertz CT molecular complexity index is 664. The Morgan fingerprint density at radius 2 is 2.20 bits per heavy atom. The predicted octanol–water partition coefficient (Wildman–Crippen LogP) is 4.18. The molecule has 0 saturated heterocycles. The summed E-state index contributed by atoms with van der Waals surface area (Å²) in [4.78, 5) is 15.4. The van der Waals surface area contributed by atoms with Gasteiger partial charge in [-0.05, 0) is 67.5 Å². The van der Waals surface area contributed by atoms with Gasteiger partial charge in [-0.2, -0.15) is 0 Å². The van der Waals surface area contributed by atoms with Crippen molar-refractivity contribution in [3.8, 4) is 0 Å². The van der Waals surface area contributed by atoms with E-state index in [2.05, 4.69) is 0 Å². The van der Waals surface area contributed by atoms with Gasteiger partial charge in [0, 0.05) is 11.7 Å². The molecule has 0 saturated carbocycles. The molecule has 2 heterocycles. The second kappa shape index (κ2) is 5.02. The third kappa shape index (κ3) is 2.14. The van der Waals surface area contributed by atoms with Crippen LogP contribution in [-0.2, 0) is 6.42 Å². The molecule has 0 N–H and O–H groups in total. The first-order chi connectivity index (χ1) is 9.58. The fourth-order valence-corrected chi connectivity index (χ4v) is 3.59. The molecule has 0 bridgehead atoms. The lowest BCUT2D eigenvalue weighted by molar-refractivity contribution is 0.0978. The van der Waals surface area contributed by atoms with Crippen molar-refractivity contribution >= 4 is 22.9 Å². The van der Waals surface area contributed by atoms with Crippen LogP contribution in [0.25, 0.3) is 0 Å². The minimum absolute atomic E-state index is 0.0255. The lowest BCUT2D eigenvalue weighted by Gasteiger charge is -2.35. The van der Waals surface area contributed by atoms with Gasteiger partial charge in [0.25, 0.3) is 5.91 Å². The van der Waals surface area contributed by atoms with E-state index in [1.54, 1.807) is 12.1 Å². The third-order valence-corrected chi connectivity index (χ3v) is 4.85. The van der Waals surface area contributed by atoms with Gasteiger partial charge in [-0.1, -0.05) is 0 Å². The van der Waals surface area contributed by atoms with Gasteiger partial charge >= 0.3 is 0 Å². The molecular formula is C16H16FNOS. The summed E-state index contributed by atoms with van der Waals surface area (Å²) < 4.78 is 13.4. The summed E-state index contributed by atoms with van der Waals surface area (Å²) in [6.45, 7) is 4.00. The molecular weight excluding hydrogens is 273 g/mol. The normalized spacial score (nSPS) is 17.9. The largest absolute Gasteiger partial charge is 0.305 e. The fourth-order valence-electron chi connectivity index (χ4n) is 2.73. The number of rotatable bonds is 1. The van der Waals surface area contributed by atoms with Crippen LogP contribution in [-0.4, -0.2) is 11.9 Å². The first-order valence-corrected chi connectivity index (χ1v) is 7.62. The minimum atomic E-state index is -0.238. The molecule has 1 aliphatic heterocycles. The number of carbonyl (C=O) groups excluding carboxylic acids is 1. The van der Waals surface area contributed by atoms with Gasteiger partial charge in [-0.25, -0.2) is 4.39 Å². The molecule has 3 rings (SSSR count). The molecule has 1 aliphatic rings. The maximum absolute atomic E-state index is 13.4. The van der Waals surface area contributed by atoms with E-state index in [4.69, 9.17) is 0 Å². The third-order valence-electron chi connectivity index (χ3n) is 3.85. The molecule has 1 aromatic heterocycles. The molecule has 2 nitrogen and oxygen atoms in total. The van der Waals surface area contributed by atoms with Crippen molar-refractivity contribution in [2.75, 3.05) is 4.90 Å². The summed E-state index contributed by atoms with van der Waals surface area (Å²) >= 11 is 1.47. The van der Waals surface area contributed by atoms with Crippen LogP contribution >= 0.6 is 11.3 Å². The van der Waals surface area contributed by atoms with E-state index in [0.29, 0.717) is 0 Å². The topological polar surface area (TPSA) is 20.3 Å². The van der Waals surface area contributed by atoms with E-state index in [1.165, 1.54) is 17.4 Å². The Morgan fingerprint density at radius 3 is 2.90 bits per heavy atom. The van der Waals surface area contributed by atoms with E-state index in [-0.39, 0.29) is 17.8 Å². The Kier molecular flexibility index (Phi) is 3.34. The maximum Gasteiger partial charge on any atom is 0.268 e. The molecule has 1 aromatic carbocycles. The number of amides is 1. The number of thiophene rings is 1. The fraction of sp³-hybridized carbons (Fsp3) is 0.312. The van der Waals surface area contributed by atoms with Crippen LogP contribution in [0, 0.1) is 12.7 Å². The van der Waals surface area contributed by atoms with E-state index in [1.807, 2.05) is 30.2 Å². The maximum atomic E-state index is 13.4. The molecule has 0 spiro atoms. The zero-order valence-corrected chi connectivity index (χ0v) is 12.3. The summed E-state index contributed by atoms with van der Waals surface area (Å²) in [5, 5.41) is 1.93. The molecule has 2 aromatic rings. The van der Waals surface area contributed by atoms with Gasteiger partial charge in [0.15, 0.2) is 0 Å². The van der Waals surface area contributed by atoms with Crippen molar-refractivity contribution in [2.45, 2.75) is 32.7 Å². The number of halogens is 1. The predicted molar refractivity (Wildman–Crippen MR) is 80.0 cm³/mol. The van der Waals surface area contributed by atoms with Crippen molar-refractivity contribution in [2.24, 2.45) is 0 Å². The molecule has 0 radical (unpaired) electrons. The quantitative estimate of drug-likeness (QED) is 0.771. The van der Waals surface area contributed by atoms with Gasteiger partial charge in [0.2, 0.25) is 0 Å². The number of aryl methyl sites for hydroxylation is 2. The number of fused-ring (bicyclic) bond motifs is 1. The molecule has 0 aliphatic carbocycles. The molecule has 104 valence electrons. The standard InChI is InChI=1S/C16H16FNOS/c1-10-7-8-20-15(10)16(19)18-11(2)3-4-12-9-13(17)5-6-14(12)18/h5-9,11H,3-4H2,1-2H3/t11-/m0/s1. The first kappa shape index (κ1) is 13.3.